The molecule has 1 nitrogen and oxygen atoms in total. The third kappa shape index (κ3) is 8.66. The van der Waals surface area contributed by atoms with Gasteiger partial charge in [0.05, 0.1) is 0 Å². The molecule has 32 heavy (non-hydrogen) atoms. The molecule has 0 saturated carbocycles. The molecule has 0 aromatic carbocycles. The van der Waals surface area contributed by atoms with Gasteiger partial charge in [-0.15, -0.1) is 0 Å². The molecule has 2 N–H and O–H groups in total. The van der Waals surface area contributed by atoms with Crippen molar-refractivity contribution in [1.29, 1.82) is 0 Å². The Morgan fingerprint density at radius 1 is 0.656 bits per heavy atom. The van der Waals surface area contributed by atoms with E-state index in [1.54, 1.807) is 5.57 Å². The SMILES string of the molecule is CCCCCCCCCCC(CN)(CCCCCCCCCC)C1(C)C=C(C)C(C)=C1C. The molecule has 0 aliphatic heterocycles. The van der Waals surface area contributed by atoms with Crippen LogP contribution in [0.25, 0.3) is 0 Å². The topological polar surface area (TPSA) is 26.0 Å². The molecule has 0 aromatic heterocycles. The maximum atomic E-state index is 6.67. The lowest BCUT2D eigenvalue weighted by Gasteiger charge is -2.47. The Morgan fingerprint density at radius 2 is 1.03 bits per heavy atom. The molecule has 1 unspecified atom stereocenters. The molecular weight excluding hydrogens is 386 g/mol. The standard InChI is InChI=1S/C31H59N/c1-7-9-11-13-15-17-19-21-23-31(26-32,24-22-20-18-16-14-12-10-8-2)30(6)25-27(3)28(4)29(30)5/h25H,7-24,26,32H2,1-6H3. The molecular formula is C31H59N. The van der Waals surface area contributed by atoms with Crippen molar-refractivity contribution in [3.63, 3.8) is 0 Å². The quantitative estimate of drug-likeness (QED) is 0.185. The summed E-state index contributed by atoms with van der Waals surface area (Å²) in [6.07, 6.45) is 27.5. The number of hydrogen-bond donors (Lipinski definition) is 1. The number of hydrogen-bond acceptors (Lipinski definition) is 1. The molecule has 0 radical (unpaired) electrons. The Kier molecular flexibility index (Phi) is 14.9. The van der Waals surface area contributed by atoms with E-state index in [1.807, 2.05) is 0 Å². The Bertz CT molecular complexity index is 535. The van der Waals surface area contributed by atoms with E-state index in [1.165, 1.54) is 127 Å². The summed E-state index contributed by atoms with van der Waals surface area (Å²) in [7, 11) is 0. The van der Waals surface area contributed by atoms with Gasteiger partial charge in [0.15, 0.2) is 0 Å². The normalized spacial score (nSPS) is 19.2. The molecule has 1 rings (SSSR count). The van der Waals surface area contributed by atoms with Crippen LogP contribution in [0, 0.1) is 10.8 Å². The highest BCUT2D eigenvalue weighted by Crippen LogP contribution is 2.56. The predicted molar refractivity (Wildman–Crippen MR) is 146 cm³/mol. The number of nitrogens with two attached hydrogens (primary N) is 1. The van der Waals surface area contributed by atoms with Crippen molar-refractivity contribution in [3.05, 3.63) is 22.8 Å². The van der Waals surface area contributed by atoms with Gasteiger partial charge < -0.3 is 5.73 Å². The Morgan fingerprint density at radius 3 is 1.34 bits per heavy atom. The van der Waals surface area contributed by atoms with Crippen LogP contribution >= 0.6 is 0 Å². The first-order chi connectivity index (χ1) is 15.4. The molecule has 0 bridgehead atoms. The van der Waals surface area contributed by atoms with Crippen LogP contribution in [0.15, 0.2) is 22.8 Å². The first-order valence-corrected chi connectivity index (χ1v) is 14.5. The summed E-state index contributed by atoms with van der Waals surface area (Å²) in [5.74, 6) is 0. The van der Waals surface area contributed by atoms with Crippen molar-refractivity contribution >= 4 is 0 Å². The number of unbranched alkanes of at least 4 members (excludes halogenated alkanes) is 14. The summed E-state index contributed by atoms with van der Waals surface area (Å²) in [5, 5.41) is 0. The van der Waals surface area contributed by atoms with Crippen molar-refractivity contribution in [1.82, 2.24) is 0 Å². The van der Waals surface area contributed by atoms with E-state index in [-0.39, 0.29) is 10.8 Å². The molecule has 0 aromatic rings. The predicted octanol–water partition coefficient (Wildman–Crippen LogP) is 10.3. The zero-order chi connectivity index (χ0) is 23.9. The Labute approximate surface area is 203 Å². The van der Waals surface area contributed by atoms with Crippen LogP contribution in [0.1, 0.15) is 157 Å². The van der Waals surface area contributed by atoms with Gasteiger partial charge in [-0.25, -0.2) is 0 Å². The van der Waals surface area contributed by atoms with Crippen molar-refractivity contribution in [2.24, 2.45) is 16.6 Å². The van der Waals surface area contributed by atoms with Crippen molar-refractivity contribution < 1.29 is 0 Å². The van der Waals surface area contributed by atoms with E-state index in [2.05, 4.69) is 47.6 Å². The van der Waals surface area contributed by atoms with Crippen LogP contribution < -0.4 is 5.73 Å². The third-order valence-corrected chi connectivity index (χ3v) is 8.95. The number of allylic oxidation sites excluding steroid dienone is 4. The first kappa shape index (κ1) is 29.5. The number of rotatable bonds is 20. The van der Waals surface area contributed by atoms with Gasteiger partial charge >= 0.3 is 0 Å². The van der Waals surface area contributed by atoms with Crippen LogP contribution in [-0.2, 0) is 0 Å². The van der Waals surface area contributed by atoms with Gasteiger partial charge in [0, 0.05) is 5.41 Å². The second-order valence-electron chi connectivity index (χ2n) is 11.2. The van der Waals surface area contributed by atoms with E-state index < -0.39 is 0 Å². The third-order valence-electron chi connectivity index (χ3n) is 8.95. The van der Waals surface area contributed by atoms with Crippen molar-refractivity contribution in [2.75, 3.05) is 6.54 Å². The van der Waals surface area contributed by atoms with Crippen LogP contribution in [0.4, 0.5) is 0 Å². The van der Waals surface area contributed by atoms with Gasteiger partial charge in [-0.2, -0.15) is 0 Å². The largest absolute Gasteiger partial charge is 0.330 e. The second kappa shape index (κ2) is 16.1. The second-order valence-corrected chi connectivity index (χ2v) is 11.2. The van der Waals surface area contributed by atoms with Crippen molar-refractivity contribution in [3.8, 4) is 0 Å². The van der Waals surface area contributed by atoms with E-state index in [9.17, 15) is 0 Å². The molecule has 0 spiro atoms. The lowest BCUT2D eigenvalue weighted by molar-refractivity contribution is 0.106. The minimum absolute atomic E-state index is 0.137. The lowest BCUT2D eigenvalue weighted by Crippen LogP contribution is -2.45. The zero-order valence-electron chi connectivity index (χ0n) is 23.1. The highest BCUT2D eigenvalue weighted by Gasteiger charge is 2.48. The van der Waals surface area contributed by atoms with Crippen LogP contribution in [0.5, 0.6) is 0 Å². The minimum Gasteiger partial charge on any atom is -0.330 e. The fraction of sp³-hybridized carbons (Fsp3) is 0.871. The van der Waals surface area contributed by atoms with E-state index in [4.69, 9.17) is 5.73 Å². The highest BCUT2D eigenvalue weighted by molar-refractivity contribution is 5.47. The molecule has 0 amide bonds. The summed E-state index contributed by atoms with van der Waals surface area (Å²) in [6, 6.07) is 0. The average Bonchev–Trinajstić information content (AvgIpc) is 2.99. The van der Waals surface area contributed by atoms with Gasteiger partial charge in [0.2, 0.25) is 0 Å². The van der Waals surface area contributed by atoms with Gasteiger partial charge in [-0.1, -0.05) is 141 Å². The lowest BCUT2D eigenvalue weighted by atomic mass is 9.57. The minimum atomic E-state index is 0.137. The highest BCUT2D eigenvalue weighted by atomic mass is 14.7. The molecule has 0 saturated heterocycles. The van der Waals surface area contributed by atoms with E-state index >= 15 is 0 Å². The van der Waals surface area contributed by atoms with Crippen molar-refractivity contribution in [2.45, 2.75) is 157 Å². The Balaban J connectivity index is 2.67. The van der Waals surface area contributed by atoms with Gasteiger partial charge in [-0.05, 0) is 51.1 Å². The van der Waals surface area contributed by atoms with E-state index in [0.717, 1.165) is 6.54 Å². The smallest absolute Gasteiger partial charge is 0.0140 e. The maximum Gasteiger partial charge on any atom is 0.0140 e. The van der Waals surface area contributed by atoms with Gasteiger partial charge in [0.1, 0.15) is 0 Å². The van der Waals surface area contributed by atoms with Crippen LogP contribution in [-0.4, -0.2) is 6.54 Å². The molecule has 188 valence electrons. The molecule has 0 heterocycles. The molecule has 0 fully saturated rings. The maximum absolute atomic E-state index is 6.67. The molecule has 1 aliphatic rings. The Hall–Kier alpha value is -0.560. The van der Waals surface area contributed by atoms with Crippen LogP contribution in [0.2, 0.25) is 0 Å². The fourth-order valence-corrected chi connectivity index (χ4v) is 6.14. The van der Waals surface area contributed by atoms with Crippen LogP contribution in [0.3, 0.4) is 0 Å². The molecule has 1 aliphatic carbocycles. The summed E-state index contributed by atoms with van der Waals surface area (Å²) < 4.78 is 0. The monoisotopic (exact) mass is 445 g/mol. The zero-order valence-corrected chi connectivity index (χ0v) is 23.1. The molecule has 1 atom stereocenters. The first-order valence-electron chi connectivity index (χ1n) is 14.5. The summed E-state index contributed by atoms with van der Waals surface area (Å²) in [4.78, 5) is 0. The summed E-state index contributed by atoms with van der Waals surface area (Å²) >= 11 is 0. The fourth-order valence-electron chi connectivity index (χ4n) is 6.14. The molecule has 1 heteroatoms. The summed E-state index contributed by atoms with van der Waals surface area (Å²) in [6.45, 7) is 14.9. The van der Waals surface area contributed by atoms with E-state index in [0.29, 0.717) is 0 Å². The summed E-state index contributed by atoms with van der Waals surface area (Å²) in [5.41, 5.74) is 11.6. The van der Waals surface area contributed by atoms with Gasteiger partial charge in [0.25, 0.3) is 0 Å². The average molecular weight is 446 g/mol. The van der Waals surface area contributed by atoms with Gasteiger partial charge in [-0.3, -0.25) is 0 Å².